The third-order valence-electron chi connectivity index (χ3n) is 2.19. The topological polar surface area (TPSA) is 24.4 Å². The van der Waals surface area contributed by atoms with Gasteiger partial charge in [0.15, 0.2) is 0 Å². The van der Waals surface area contributed by atoms with Crippen LogP contribution in [0.1, 0.15) is 4.88 Å². The van der Waals surface area contributed by atoms with Gasteiger partial charge in [0.05, 0.1) is 21.9 Å². The zero-order chi connectivity index (χ0) is 9.38. The van der Waals surface area contributed by atoms with Crippen molar-refractivity contribution in [3.63, 3.8) is 0 Å². The smallest absolute Gasteiger partial charge is 0.0865 e. The Morgan fingerprint density at radius 1 is 1.07 bits per heavy atom. The number of para-hydroxylation sites is 2. The molecule has 1 aromatic heterocycles. The molecule has 68 valence electrons. The fourth-order valence-corrected chi connectivity index (χ4v) is 2.20. The summed E-state index contributed by atoms with van der Waals surface area (Å²) in [6.45, 7) is 0. The van der Waals surface area contributed by atoms with Gasteiger partial charge in [-0.15, -0.1) is 11.3 Å². The van der Waals surface area contributed by atoms with Crippen LogP contribution in [0.4, 0.5) is 17.1 Å². The van der Waals surface area contributed by atoms with E-state index in [2.05, 4.69) is 21.8 Å². The van der Waals surface area contributed by atoms with E-state index in [1.807, 2.05) is 30.5 Å². The highest BCUT2D eigenvalue weighted by Crippen LogP contribution is 2.33. The van der Waals surface area contributed by atoms with Crippen molar-refractivity contribution in [2.24, 2.45) is 4.99 Å². The lowest BCUT2D eigenvalue weighted by Gasteiger charge is -2.04. The Balaban J connectivity index is 2.19. The largest absolute Gasteiger partial charge is 0.353 e. The molecule has 0 saturated carbocycles. The normalized spacial score (nSPS) is 12.6. The molecule has 0 spiro atoms. The Morgan fingerprint density at radius 3 is 3.00 bits per heavy atom. The first-order valence-electron chi connectivity index (χ1n) is 4.41. The van der Waals surface area contributed by atoms with E-state index in [0.29, 0.717) is 0 Å². The molecule has 2 heterocycles. The lowest BCUT2D eigenvalue weighted by atomic mass is 10.2. The van der Waals surface area contributed by atoms with Crippen molar-refractivity contribution in [1.29, 1.82) is 0 Å². The van der Waals surface area contributed by atoms with Gasteiger partial charge in [-0.3, -0.25) is 4.99 Å². The summed E-state index contributed by atoms with van der Waals surface area (Å²) in [5.41, 5.74) is 3.21. The lowest BCUT2D eigenvalue weighted by molar-refractivity contribution is 1.52. The van der Waals surface area contributed by atoms with Crippen molar-refractivity contribution in [3.05, 3.63) is 40.6 Å². The number of aliphatic imine (C=N–C) groups is 1. The maximum absolute atomic E-state index is 4.42. The third kappa shape index (κ3) is 1.14. The number of anilines is 2. The fourth-order valence-electron chi connectivity index (χ4n) is 1.49. The first-order valence-corrected chi connectivity index (χ1v) is 5.29. The van der Waals surface area contributed by atoms with E-state index >= 15 is 0 Å². The maximum atomic E-state index is 4.42. The molecule has 2 nitrogen and oxygen atoms in total. The van der Waals surface area contributed by atoms with Crippen molar-refractivity contribution >= 4 is 34.6 Å². The van der Waals surface area contributed by atoms with Crippen LogP contribution in [0, 0.1) is 0 Å². The van der Waals surface area contributed by atoms with Crippen molar-refractivity contribution in [2.75, 3.05) is 5.32 Å². The minimum absolute atomic E-state index is 0.996. The molecule has 0 radical (unpaired) electrons. The zero-order valence-corrected chi connectivity index (χ0v) is 8.21. The second kappa shape index (κ2) is 2.96. The van der Waals surface area contributed by atoms with Crippen LogP contribution in [-0.4, -0.2) is 6.21 Å². The Kier molecular flexibility index (Phi) is 1.64. The Bertz CT molecular complexity index is 499. The summed E-state index contributed by atoms with van der Waals surface area (Å²) in [5.74, 6) is 0. The van der Waals surface area contributed by atoms with Crippen LogP contribution in [-0.2, 0) is 0 Å². The molecule has 0 saturated heterocycles. The van der Waals surface area contributed by atoms with E-state index in [0.717, 1.165) is 17.1 Å². The fraction of sp³-hybridized carbons (Fsp3) is 0. The lowest BCUT2D eigenvalue weighted by Crippen LogP contribution is -1.88. The highest BCUT2D eigenvalue weighted by atomic mass is 32.1. The number of rotatable bonds is 0. The summed E-state index contributed by atoms with van der Waals surface area (Å²) in [4.78, 5) is 5.60. The number of hydrogen-bond donors (Lipinski definition) is 1. The zero-order valence-electron chi connectivity index (χ0n) is 7.40. The number of benzene rings is 1. The molecule has 0 unspecified atom stereocenters. The molecule has 0 fully saturated rings. The summed E-state index contributed by atoms with van der Waals surface area (Å²) in [6, 6.07) is 10.1. The maximum Gasteiger partial charge on any atom is 0.0865 e. The average Bonchev–Trinajstić information content (AvgIpc) is 2.58. The molecular formula is C11H8N2S. The molecule has 0 amide bonds. The van der Waals surface area contributed by atoms with Gasteiger partial charge in [0.1, 0.15) is 0 Å². The number of nitrogens with zero attached hydrogens (tertiary/aromatic N) is 1. The van der Waals surface area contributed by atoms with Crippen molar-refractivity contribution in [3.8, 4) is 0 Å². The van der Waals surface area contributed by atoms with Gasteiger partial charge in [-0.25, -0.2) is 0 Å². The SMILES string of the molecule is C1=Nc2ccccc2Nc2ccsc21. The Morgan fingerprint density at radius 2 is 2.00 bits per heavy atom. The van der Waals surface area contributed by atoms with E-state index in [4.69, 9.17) is 0 Å². The van der Waals surface area contributed by atoms with Crippen LogP contribution in [0.15, 0.2) is 40.7 Å². The molecule has 1 aromatic carbocycles. The summed E-state index contributed by atoms with van der Waals surface area (Å²) in [5, 5.41) is 5.44. The predicted octanol–water partition coefficient (Wildman–Crippen LogP) is 3.56. The van der Waals surface area contributed by atoms with Crippen LogP contribution >= 0.6 is 11.3 Å². The third-order valence-corrected chi connectivity index (χ3v) is 3.04. The molecular weight excluding hydrogens is 192 g/mol. The minimum atomic E-state index is 0.996. The van der Waals surface area contributed by atoms with E-state index in [9.17, 15) is 0 Å². The van der Waals surface area contributed by atoms with Gasteiger partial charge in [0.2, 0.25) is 0 Å². The van der Waals surface area contributed by atoms with Crippen molar-refractivity contribution in [1.82, 2.24) is 0 Å². The van der Waals surface area contributed by atoms with Crippen LogP contribution in [0.5, 0.6) is 0 Å². The van der Waals surface area contributed by atoms with Crippen LogP contribution in [0.25, 0.3) is 0 Å². The number of nitrogens with one attached hydrogen (secondary N) is 1. The van der Waals surface area contributed by atoms with Crippen LogP contribution in [0.3, 0.4) is 0 Å². The van der Waals surface area contributed by atoms with Gasteiger partial charge < -0.3 is 5.32 Å². The predicted molar refractivity (Wildman–Crippen MR) is 61.3 cm³/mol. The van der Waals surface area contributed by atoms with Gasteiger partial charge >= 0.3 is 0 Å². The number of fused-ring (bicyclic) bond motifs is 2. The van der Waals surface area contributed by atoms with E-state index in [1.165, 1.54) is 4.88 Å². The quantitative estimate of drug-likeness (QED) is 0.589. The molecule has 3 heteroatoms. The number of hydrogen-bond acceptors (Lipinski definition) is 3. The number of thiophene rings is 1. The molecule has 2 aromatic rings. The molecule has 0 bridgehead atoms. The standard InChI is InChI=1S/C11H8N2S/c1-2-4-9-8(3-1)12-7-11-10(13-9)5-6-14-11/h1-7,13H. The van der Waals surface area contributed by atoms with Gasteiger partial charge in [0, 0.05) is 6.21 Å². The molecule has 0 atom stereocenters. The Labute approximate surface area is 85.9 Å². The first-order chi connectivity index (χ1) is 6.93. The second-order valence-corrected chi connectivity index (χ2v) is 4.05. The van der Waals surface area contributed by atoms with Gasteiger partial charge in [-0.1, -0.05) is 12.1 Å². The summed E-state index contributed by atoms with van der Waals surface area (Å²) in [6.07, 6.45) is 1.92. The van der Waals surface area contributed by atoms with Crippen LogP contribution in [0.2, 0.25) is 0 Å². The average molecular weight is 200 g/mol. The minimum Gasteiger partial charge on any atom is -0.353 e. The van der Waals surface area contributed by atoms with Gasteiger partial charge in [-0.2, -0.15) is 0 Å². The second-order valence-electron chi connectivity index (χ2n) is 3.10. The summed E-state index contributed by atoms with van der Waals surface area (Å²) >= 11 is 1.70. The first kappa shape index (κ1) is 7.76. The highest BCUT2D eigenvalue weighted by Gasteiger charge is 2.08. The van der Waals surface area contributed by atoms with Crippen molar-refractivity contribution < 1.29 is 0 Å². The summed E-state index contributed by atoms with van der Waals surface area (Å²) in [7, 11) is 0. The van der Waals surface area contributed by atoms with Gasteiger partial charge in [-0.05, 0) is 23.6 Å². The van der Waals surface area contributed by atoms with Crippen LogP contribution < -0.4 is 5.32 Å². The highest BCUT2D eigenvalue weighted by molar-refractivity contribution is 7.12. The molecule has 14 heavy (non-hydrogen) atoms. The molecule has 0 aliphatic carbocycles. The van der Waals surface area contributed by atoms with E-state index in [-0.39, 0.29) is 0 Å². The molecule has 1 aliphatic heterocycles. The van der Waals surface area contributed by atoms with E-state index < -0.39 is 0 Å². The summed E-state index contributed by atoms with van der Waals surface area (Å²) < 4.78 is 0. The van der Waals surface area contributed by atoms with Gasteiger partial charge in [0.25, 0.3) is 0 Å². The van der Waals surface area contributed by atoms with Crippen molar-refractivity contribution in [2.45, 2.75) is 0 Å². The molecule has 1 aliphatic rings. The monoisotopic (exact) mass is 200 g/mol. The Hall–Kier alpha value is -1.61. The van der Waals surface area contributed by atoms with E-state index in [1.54, 1.807) is 11.3 Å². The molecule has 3 rings (SSSR count). The molecule has 1 N–H and O–H groups in total.